The first kappa shape index (κ1) is 24.1. The van der Waals surface area contributed by atoms with Crippen LogP contribution in [0, 0.1) is 11.8 Å². The summed E-state index contributed by atoms with van der Waals surface area (Å²) in [5.74, 6) is -0.275. The van der Waals surface area contributed by atoms with Gasteiger partial charge in [-0.25, -0.2) is 0 Å². The summed E-state index contributed by atoms with van der Waals surface area (Å²) in [4.78, 5) is 42.5. The Morgan fingerprint density at radius 2 is 1.54 bits per heavy atom. The van der Waals surface area contributed by atoms with E-state index in [1.165, 1.54) is 0 Å². The molecule has 1 heterocycles. The third-order valence-corrected chi connectivity index (χ3v) is 6.84. The van der Waals surface area contributed by atoms with Crippen molar-refractivity contribution in [3.05, 3.63) is 130 Å². The number of anilines is 2. The number of hydrogen-bond donors (Lipinski definition) is 1. The summed E-state index contributed by atoms with van der Waals surface area (Å²) < 4.78 is 0. The van der Waals surface area contributed by atoms with Gasteiger partial charge in [0.1, 0.15) is 0 Å². The molecule has 1 N–H and O–H groups in total. The quantitative estimate of drug-likeness (QED) is 0.413. The van der Waals surface area contributed by atoms with Crippen LogP contribution in [-0.4, -0.2) is 17.9 Å². The van der Waals surface area contributed by atoms with Crippen molar-refractivity contribution >= 4 is 28.9 Å². The minimum Gasteiger partial charge on any atom is -0.305 e. The van der Waals surface area contributed by atoms with Gasteiger partial charge in [0.15, 0.2) is 0 Å². The van der Waals surface area contributed by atoms with Crippen LogP contribution >= 0.6 is 0 Å². The SMILES string of the molecule is Cc1cccc(C(=O)N(c2ccccc2)C2CC(C)N(C(=O)c3cccc([NH+]=O)c3)c3ccccc32)c1. The molecule has 0 saturated heterocycles. The van der Waals surface area contributed by atoms with E-state index in [1.807, 2.05) is 103 Å². The molecule has 4 aromatic rings. The highest BCUT2D eigenvalue weighted by atomic mass is 16.3. The second kappa shape index (κ2) is 10.2. The number of nitrogens with one attached hydrogen (secondary N) is 1. The molecule has 1 aliphatic rings. The second-order valence-electron chi connectivity index (χ2n) is 9.40. The monoisotopic (exact) mass is 490 g/mol. The number of hydrogen-bond acceptors (Lipinski definition) is 3. The molecule has 4 aromatic carbocycles. The Bertz CT molecular complexity index is 1470. The van der Waals surface area contributed by atoms with Gasteiger partial charge < -0.3 is 9.80 Å². The Morgan fingerprint density at radius 1 is 0.838 bits per heavy atom. The van der Waals surface area contributed by atoms with Crippen LogP contribution in [0.2, 0.25) is 0 Å². The van der Waals surface area contributed by atoms with E-state index in [0.29, 0.717) is 23.2 Å². The number of carbonyl (C=O) groups is 2. The summed E-state index contributed by atoms with van der Waals surface area (Å²) >= 11 is 0. The molecular weight excluding hydrogens is 462 g/mol. The van der Waals surface area contributed by atoms with Crippen LogP contribution in [0.1, 0.15) is 51.2 Å². The Kier molecular flexibility index (Phi) is 6.64. The molecule has 2 unspecified atom stereocenters. The molecule has 6 nitrogen and oxygen atoms in total. The molecule has 0 aromatic heterocycles. The standard InChI is InChI=1S/C31H27N3O3/c1-21-10-8-11-23(18-21)31(36)34(26-14-4-3-5-15-26)29-19-22(2)33(28-17-7-6-16-27(28)29)30(35)24-12-9-13-25(20-24)32-37/h3-18,20,22,29H,19H2,1-2H3/p+1. The van der Waals surface area contributed by atoms with Crippen LogP contribution in [0.5, 0.6) is 0 Å². The summed E-state index contributed by atoms with van der Waals surface area (Å²) in [6.07, 6.45) is 0.550. The van der Waals surface area contributed by atoms with Gasteiger partial charge in [-0.2, -0.15) is 0 Å². The largest absolute Gasteiger partial charge is 0.305 e. The van der Waals surface area contributed by atoms with E-state index >= 15 is 0 Å². The van der Waals surface area contributed by atoms with Crippen LogP contribution in [0.25, 0.3) is 0 Å². The zero-order valence-corrected chi connectivity index (χ0v) is 20.8. The summed E-state index contributed by atoms with van der Waals surface area (Å²) in [5, 5.41) is 1.86. The van der Waals surface area contributed by atoms with Crippen molar-refractivity contribution in [1.29, 1.82) is 0 Å². The Labute approximate surface area is 216 Å². The lowest BCUT2D eigenvalue weighted by Crippen LogP contribution is -2.55. The number of rotatable bonds is 5. The number of nitrogens with zero attached hydrogens (tertiary/aromatic N) is 2. The molecule has 0 fully saturated rings. The average Bonchev–Trinajstić information content (AvgIpc) is 2.93. The van der Waals surface area contributed by atoms with E-state index in [9.17, 15) is 14.5 Å². The van der Waals surface area contributed by atoms with Gasteiger partial charge >= 0.3 is 0 Å². The lowest BCUT2D eigenvalue weighted by atomic mass is 9.89. The zero-order chi connectivity index (χ0) is 25.9. The molecule has 5 rings (SSSR count). The van der Waals surface area contributed by atoms with Gasteiger partial charge in [0.05, 0.1) is 6.04 Å². The number of amides is 2. The van der Waals surface area contributed by atoms with Crippen molar-refractivity contribution in [3.8, 4) is 0 Å². The third-order valence-electron chi connectivity index (χ3n) is 6.84. The maximum absolute atomic E-state index is 14.0. The molecular formula is C31H28N3O3+. The fourth-order valence-corrected chi connectivity index (χ4v) is 5.13. The molecule has 0 bridgehead atoms. The van der Waals surface area contributed by atoms with Gasteiger partial charge in [-0.05, 0) is 62.2 Å². The molecule has 1 aliphatic heterocycles. The van der Waals surface area contributed by atoms with E-state index in [0.717, 1.165) is 22.5 Å². The highest BCUT2D eigenvalue weighted by molar-refractivity contribution is 6.09. The molecule has 6 heteroatoms. The van der Waals surface area contributed by atoms with Crippen LogP contribution in [0.3, 0.4) is 0 Å². The number of para-hydroxylation sites is 2. The van der Waals surface area contributed by atoms with E-state index < -0.39 is 0 Å². The minimum atomic E-state index is -0.277. The smallest absolute Gasteiger partial charge is 0.258 e. The topological polar surface area (TPSA) is 71.7 Å². The average molecular weight is 491 g/mol. The van der Waals surface area contributed by atoms with Crippen molar-refractivity contribution in [2.75, 3.05) is 9.80 Å². The summed E-state index contributed by atoms with van der Waals surface area (Å²) in [7, 11) is 0. The lowest BCUT2D eigenvalue weighted by Gasteiger charge is -2.43. The van der Waals surface area contributed by atoms with E-state index in [-0.39, 0.29) is 23.9 Å². The van der Waals surface area contributed by atoms with E-state index in [4.69, 9.17) is 0 Å². The second-order valence-corrected chi connectivity index (χ2v) is 9.40. The number of nitroso groups, excluding NO2 is 1. The normalized spacial score (nSPS) is 16.5. The van der Waals surface area contributed by atoms with Crippen LogP contribution in [0.15, 0.2) is 103 Å². The van der Waals surface area contributed by atoms with Crippen LogP contribution in [0.4, 0.5) is 17.1 Å². The summed E-state index contributed by atoms with van der Waals surface area (Å²) in [6, 6.07) is 31.2. The molecule has 37 heavy (non-hydrogen) atoms. The van der Waals surface area contributed by atoms with Crippen molar-refractivity contribution < 1.29 is 14.8 Å². The highest BCUT2D eigenvalue weighted by Gasteiger charge is 2.39. The molecule has 184 valence electrons. The van der Waals surface area contributed by atoms with Gasteiger partial charge in [-0.3, -0.25) is 9.59 Å². The number of aryl methyl sites for hydroxylation is 1. The molecule has 0 spiro atoms. The first-order chi connectivity index (χ1) is 18.0. The molecule has 0 saturated carbocycles. The fourth-order valence-electron chi connectivity index (χ4n) is 5.13. The third kappa shape index (κ3) is 4.66. The first-order valence-electron chi connectivity index (χ1n) is 12.3. The van der Waals surface area contributed by atoms with Crippen LogP contribution < -0.4 is 15.0 Å². The predicted molar refractivity (Wildman–Crippen MR) is 145 cm³/mol. The maximum Gasteiger partial charge on any atom is 0.258 e. The number of benzene rings is 4. The Hall–Kier alpha value is -4.58. The van der Waals surface area contributed by atoms with Crippen LogP contribution in [-0.2, 0) is 0 Å². The van der Waals surface area contributed by atoms with Gasteiger partial charge in [-0.1, -0.05) is 60.2 Å². The molecule has 2 atom stereocenters. The summed E-state index contributed by atoms with van der Waals surface area (Å²) in [6.45, 7) is 3.97. The minimum absolute atomic E-state index is 0.0871. The van der Waals surface area contributed by atoms with Crippen molar-refractivity contribution in [2.24, 2.45) is 0 Å². The fraction of sp³-hybridized carbons (Fsp3) is 0.161. The van der Waals surface area contributed by atoms with Gasteiger partial charge in [0, 0.05) is 50.8 Å². The first-order valence-corrected chi connectivity index (χ1v) is 12.3. The van der Waals surface area contributed by atoms with Gasteiger partial charge in [0.25, 0.3) is 17.5 Å². The summed E-state index contributed by atoms with van der Waals surface area (Å²) in [5.41, 5.74) is 4.86. The van der Waals surface area contributed by atoms with Gasteiger partial charge in [0.2, 0.25) is 0 Å². The molecule has 2 amide bonds. The predicted octanol–water partition coefficient (Wildman–Crippen LogP) is 5.30. The number of carbonyl (C=O) groups excluding carboxylic acids is 2. The zero-order valence-electron chi connectivity index (χ0n) is 20.8. The van der Waals surface area contributed by atoms with Crippen molar-refractivity contribution in [1.82, 2.24) is 0 Å². The van der Waals surface area contributed by atoms with Crippen molar-refractivity contribution in [2.45, 2.75) is 32.4 Å². The van der Waals surface area contributed by atoms with E-state index in [2.05, 4.69) is 0 Å². The highest BCUT2D eigenvalue weighted by Crippen LogP contribution is 2.43. The lowest BCUT2D eigenvalue weighted by molar-refractivity contribution is -0.379. The molecule has 0 radical (unpaired) electrons. The number of fused-ring (bicyclic) bond motifs is 1. The van der Waals surface area contributed by atoms with Gasteiger partial charge in [-0.15, -0.1) is 0 Å². The maximum atomic E-state index is 14.0. The Balaban J connectivity index is 1.61. The van der Waals surface area contributed by atoms with Crippen molar-refractivity contribution in [3.63, 3.8) is 0 Å². The Morgan fingerprint density at radius 3 is 2.30 bits per heavy atom. The molecule has 0 aliphatic carbocycles. The van der Waals surface area contributed by atoms with E-state index in [1.54, 1.807) is 29.2 Å².